The Labute approximate surface area is 98.7 Å². The second-order valence-electron chi connectivity index (χ2n) is 3.98. The van der Waals surface area contributed by atoms with Gasteiger partial charge in [0.25, 0.3) is 0 Å². The fourth-order valence-electron chi connectivity index (χ4n) is 2.09. The van der Waals surface area contributed by atoms with E-state index in [0.29, 0.717) is 23.4 Å². The van der Waals surface area contributed by atoms with Crippen LogP contribution in [-0.4, -0.2) is 17.9 Å². The van der Waals surface area contributed by atoms with Gasteiger partial charge in [-0.25, -0.2) is 4.98 Å². The zero-order chi connectivity index (χ0) is 11.8. The van der Waals surface area contributed by atoms with E-state index < -0.39 is 0 Å². The van der Waals surface area contributed by atoms with Crippen LogP contribution in [0.25, 0.3) is 16.7 Å². The van der Waals surface area contributed by atoms with Crippen LogP contribution in [0.5, 0.6) is 0 Å². The third-order valence-corrected chi connectivity index (χ3v) is 2.95. The van der Waals surface area contributed by atoms with Crippen molar-refractivity contribution >= 4 is 22.4 Å². The summed E-state index contributed by atoms with van der Waals surface area (Å²) in [5.41, 5.74) is 2.19. The highest BCUT2D eigenvalue weighted by molar-refractivity contribution is 6.05. The summed E-state index contributed by atoms with van der Waals surface area (Å²) < 4.78 is 5.26. The van der Waals surface area contributed by atoms with Crippen LogP contribution in [0.3, 0.4) is 0 Å². The molecule has 0 atom stereocenters. The number of nitrogens with zero attached hydrogens (tertiary/aromatic N) is 1. The number of hydrogen-bond acceptors (Lipinski definition) is 3. The molecule has 3 rings (SSSR count). The van der Waals surface area contributed by atoms with E-state index in [2.05, 4.69) is 4.98 Å². The minimum atomic E-state index is 0.0963. The van der Waals surface area contributed by atoms with Crippen molar-refractivity contribution in [2.24, 2.45) is 0 Å². The Morgan fingerprint density at radius 1 is 1.29 bits per heavy atom. The average molecular weight is 225 g/mol. The predicted molar refractivity (Wildman–Crippen MR) is 65.7 cm³/mol. The first-order valence-electron chi connectivity index (χ1n) is 5.47. The predicted octanol–water partition coefficient (Wildman–Crippen LogP) is 2.81. The summed E-state index contributed by atoms with van der Waals surface area (Å²) >= 11 is 0. The van der Waals surface area contributed by atoms with Crippen LogP contribution in [-0.2, 0) is 4.74 Å². The van der Waals surface area contributed by atoms with E-state index >= 15 is 0 Å². The number of allylic oxidation sites excluding steroid dienone is 1. The standard InChI is InChI=1S/C14H11NO2/c1-17-13-7-6-12(16)10-8-9-4-2-3-5-11(9)15-14(10)13/h2-5,7-8H,6H2,1H3. The van der Waals surface area contributed by atoms with Crippen LogP contribution in [0.1, 0.15) is 22.5 Å². The van der Waals surface area contributed by atoms with Crippen molar-refractivity contribution in [2.75, 3.05) is 7.11 Å². The van der Waals surface area contributed by atoms with E-state index in [0.717, 1.165) is 10.9 Å². The van der Waals surface area contributed by atoms with Gasteiger partial charge in [-0.15, -0.1) is 0 Å². The number of aromatic nitrogens is 1. The Kier molecular flexibility index (Phi) is 2.18. The van der Waals surface area contributed by atoms with Gasteiger partial charge in [-0.3, -0.25) is 4.79 Å². The molecule has 0 amide bonds. The normalized spacial score (nSPS) is 14.4. The third-order valence-electron chi connectivity index (χ3n) is 2.95. The minimum absolute atomic E-state index is 0.0963. The van der Waals surface area contributed by atoms with Crippen LogP contribution >= 0.6 is 0 Å². The molecule has 0 aliphatic heterocycles. The summed E-state index contributed by atoms with van der Waals surface area (Å²) in [6.45, 7) is 0. The highest BCUT2D eigenvalue weighted by Gasteiger charge is 2.21. The number of hydrogen-bond donors (Lipinski definition) is 0. The Morgan fingerprint density at radius 2 is 2.12 bits per heavy atom. The number of para-hydroxylation sites is 1. The number of methoxy groups -OCH3 is 1. The summed E-state index contributed by atoms with van der Waals surface area (Å²) in [6, 6.07) is 9.66. The van der Waals surface area contributed by atoms with Gasteiger partial charge in [0.15, 0.2) is 5.78 Å². The lowest BCUT2D eigenvalue weighted by Crippen LogP contribution is -2.10. The molecule has 3 nitrogen and oxygen atoms in total. The first-order valence-corrected chi connectivity index (χ1v) is 5.47. The number of carbonyl (C=O) groups excluding carboxylic acids is 1. The quantitative estimate of drug-likeness (QED) is 0.749. The van der Waals surface area contributed by atoms with E-state index in [4.69, 9.17) is 4.74 Å². The van der Waals surface area contributed by atoms with E-state index in [9.17, 15) is 4.79 Å². The molecule has 84 valence electrons. The van der Waals surface area contributed by atoms with Crippen molar-refractivity contribution in [1.82, 2.24) is 4.98 Å². The van der Waals surface area contributed by atoms with Gasteiger partial charge < -0.3 is 4.74 Å². The molecule has 1 aliphatic carbocycles. The molecule has 1 heterocycles. The number of rotatable bonds is 1. The zero-order valence-corrected chi connectivity index (χ0v) is 9.43. The molecule has 1 aromatic carbocycles. The van der Waals surface area contributed by atoms with E-state index in [1.807, 2.05) is 30.3 Å². The molecule has 3 heteroatoms. The lowest BCUT2D eigenvalue weighted by Gasteiger charge is -2.15. The van der Waals surface area contributed by atoms with Gasteiger partial charge in [0, 0.05) is 17.4 Å². The molecule has 1 aliphatic rings. The van der Waals surface area contributed by atoms with Crippen LogP contribution < -0.4 is 0 Å². The largest absolute Gasteiger partial charge is 0.495 e. The van der Waals surface area contributed by atoms with Gasteiger partial charge in [-0.1, -0.05) is 18.2 Å². The van der Waals surface area contributed by atoms with Gasteiger partial charge in [0.1, 0.15) is 11.5 Å². The molecule has 0 saturated heterocycles. The Bertz CT molecular complexity index is 644. The van der Waals surface area contributed by atoms with Crippen molar-refractivity contribution in [3.05, 3.63) is 47.7 Å². The van der Waals surface area contributed by atoms with Crippen molar-refractivity contribution in [3.63, 3.8) is 0 Å². The SMILES string of the molecule is COC1=CCC(=O)c2cc3ccccc3nc21. The number of Topliss-reactive ketones (excluding diaryl/α,β-unsaturated/α-hetero) is 1. The van der Waals surface area contributed by atoms with Crippen LogP contribution in [0.15, 0.2) is 36.4 Å². The number of benzene rings is 1. The Hall–Kier alpha value is -2.16. The maximum atomic E-state index is 11.9. The van der Waals surface area contributed by atoms with Crippen LogP contribution in [0.2, 0.25) is 0 Å². The summed E-state index contributed by atoms with van der Waals surface area (Å²) in [6.07, 6.45) is 2.17. The lowest BCUT2D eigenvalue weighted by molar-refractivity contribution is 0.0992. The molecule has 0 fully saturated rings. The monoisotopic (exact) mass is 225 g/mol. The molecular weight excluding hydrogens is 214 g/mol. The van der Waals surface area contributed by atoms with Gasteiger partial charge in [0.2, 0.25) is 0 Å². The van der Waals surface area contributed by atoms with E-state index in [1.54, 1.807) is 13.2 Å². The van der Waals surface area contributed by atoms with Crippen molar-refractivity contribution < 1.29 is 9.53 Å². The molecule has 1 aromatic heterocycles. The van der Waals surface area contributed by atoms with Gasteiger partial charge in [-0.05, 0) is 18.2 Å². The summed E-state index contributed by atoms with van der Waals surface area (Å²) in [4.78, 5) is 16.4. The van der Waals surface area contributed by atoms with Gasteiger partial charge in [-0.2, -0.15) is 0 Å². The highest BCUT2D eigenvalue weighted by Crippen LogP contribution is 2.28. The summed E-state index contributed by atoms with van der Waals surface area (Å²) in [7, 11) is 1.60. The summed E-state index contributed by atoms with van der Waals surface area (Å²) in [5.74, 6) is 0.782. The van der Waals surface area contributed by atoms with Crippen LogP contribution in [0, 0.1) is 0 Å². The first-order chi connectivity index (χ1) is 8.29. The molecule has 0 spiro atoms. The summed E-state index contributed by atoms with van der Waals surface area (Å²) in [5, 5.41) is 0.983. The van der Waals surface area contributed by atoms with Crippen molar-refractivity contribution in [3.8, 4) is 0 Å². The molecule has 0 unspecified atom stereocenters. The van der Waals surface area contributed by atoms with Gasteiger partial charge in [0.05, 0.1) is 12.6 Å². The number of carbonyl (C=O) groups is 1. The van der Waals surface area contributed by atoms with Crippen LogP contribution in [0.4, 0.5) is 0 Å². The molecule has 17 heavy (non-hydrogen) atoms. The minimum Gasteiger partial charge on any atom is -0.495 e. The average Bonchev–Trinajstić information content (AvgIpc) is 2.38. The number of ketones is 1. The molecule has 2 aromatic rings. The topological polar surface area (TPSA) is 39.2 Å². The third kappa shape index (κ3) is 1.51. The van der Waals surface area contributed by atoms with E-state index in [-0.39, 0.29) is 5.78 Å². The Balaban J connectivity index is 2.33. The zero-order valence-electron chi connectivity index (χ0n) is 9.43. The van der Waals surface area contributed by atoms with Crippen molar-refractivity contribution in [2.45, 2.75) is 6.42 Å². The van der Waals surface area contributed by atoms with Crippen molar-refractivity contribution in [1.29, 1.82) is 0 Å². The second-order valence-corrected chi connectivity index (χ2v) is 3.98. The fourth-order valence-corrected chi connectivity index (χ4v) is 2.09. The molecule has 0 radical (unpaired) electrons. The maximum absolute atomic E-state index is 11.9. The lowest BCUT2D eigenvalue weighted by atomic mass is 9.97. The highest BCUT2D eigenvalue weighted by atomic mass is 16.5. The molecule has 0 bridgehead atoms. The number of pyridine rings is 1. The Morgan fingerprint density at radius 3 is 2.94 bits per heavy atom. The first kappa shape index (κ1) is 10.0. The second kappa shape index (κ2) is 3.70. The van der Waals surface area contributed by atoms with E-state index in [1.165, 1.54) is 0 Å². The number of ether oxygens (including phenoxy) is 1. The molecule has 0 N–H and O–H groups in total. The molecular formula is C14H11NO2. The molecule has 0 saturated carbocycles. The smallest absolute Gasteiger partial charge is 0.169 e. The fraction of sp³-hybridized carbons (Fsp3) is 0.143. The number of fused-ring (bicyclic) bond motifs is 2. The maximum Gasteiger partial charge on any atom is 0.169 e. The van der Waals surface area contributed by atoms with Gasteiger partial charge >= 0.3 is 0 Å².